The highest BCUT2D eigenvalue weighted by Crippen LogP contribution is 2.18. The zero-order chi connectivity index (χ0) is 11.3. The largest absolute Gasteiger partial charge is 0.0843 e. The quantitative estimate of drug-likeness (QED) is 0.664. The Bertz CT molecular complexity index is 291. The van der Waals surface area contributed by atoms with Gasteiger partial charge in [-0.3, -0.25) is 0 Å². The normalized spacial score (nSPS) is 13.1. The third-order valence-electron chi connectivity index (χ3n) is 3.15. The molecule has 1 unspecified atom stereocenters. The van der Waals surface area contributed by atoms with Crippen molar-refractivity contribution in [1.29, 1.82) is 0 Å². The van der Waals surface area contributed by atoms with Crippen LogP contribution in [0.5, 0.6) is 0 Å². The number of rotatable bonds is 5. The highest BCUT2D eigenvalue weighted by molar-refractivity contribution is 6.30. The van der Waals surface area contributed by atoms with Gasteiger partial charge < -0.3 is 0 Å². The first-order valence-electron chi connectivity index (χ1n) is 5.84. The van der Waals surface area contributed by atoms with Crippen LogP contribution in [0.25, 0.3) is 0 Å². The van der Waals surface area contributed by atoms with Crippen molar-refractivity contribution in [2.45, 2.75) is 40.0 Å². The Hall–Kier alpha value is -0.490. The first-order valence-corrected chi connectivity index (χ1v) is 6.22. The molecule has 0 aliphatic rings. The van der Waals surface area contributed by atoms with Crippen LogP contribution in [0, 0.1) is 11.8 Å². The molecule has 0 nitrogen and oxygen atoms in total. The molecule has 0 amide bonds. The van der Waals surface area contributed by atoms with E-state index in [9.17, 15) is 0 Å². The van der Waals surface area contributed by atoms with Crippen LogP contribution >= 0.6 is 11.6 Å². The monoisotopic (exact) mass is 224 g/mol. The van der Waals surface area contributed by atoms with E-state index < -0.39 is 0 Å². The number of aryl methyl sites for hydroxylation is 1. The summed E-state index contributed by atoms with van der Waals surface area (Å²) in [4.78, 5) is 0. The lowest BCUT2D eigenvalue weighted by Crippen LogP contribution is -2.04. The van der Waals surface area contributed by atoms with Gasteiger partial charge in [0.25, 0.3) is 0 Å². The summed E-state index contributed by atoms with van der Waals surface area (Å²) in [6.07, 6.45) is 3.72. The molecule has 0 bridgehead atoms. The van der Waals surface area contributed by atoms with Crippen LogP contribution in [0.4, 0.5) is 0 Å². The van der Waals surface area contributed by atoms with Gasteiger partial charge in [-0.2, -0.15) is 0 Å². The molecular formula is C14H21Cl. The minimum atomic E-state index is 0.796. The molecule has 15 heavy (non-hydrogen) atoms. The summed E-state index contributed by atoms with van der Waals surface area (Å²) < 4.78 is 0. The van der Waals surface area contributed by atoms with Crippen molar-refractivity contribution in [2.75, 3.05) is 0 Å². The van der Waals surface area contributed by atoms with E-state index in [-0.39, 0.29) is 0 Å². The van der Waals surface area contributed by atoms with E-state index >= 15 is 0 Å². The van der Waals surface area contributed by atoms with E-state index in [1.54, 1.807) is 0 Å². The average molecular weight is 225 g/mol. The van der Waals surface area contributed by atoms with Gasteiger partial charge in [0, 0.05) is 5.02 Å². The molecule has 0 spiro atoms. The van der Waals surface area contributed by atoms with E-state index in [1.807, 2.05) is 12.1 Å². The topological polar surface area (TPSA) is 0 Å². The summed E-state index contributed by atoms with van der Waals surface area (Å²) in [6, 6.07) is 8.19. The summed E-state index contributed by atoms with van der Waals surface area (Å²) in [5.41, 5.74) is 1.36. The molecular weight excluding hydrogens is 204 g/mol. The van der Waals surface area contributed by atoms with Crippen LogP contribution in [0.2, 0.25) is 5.02 Å². The number of hydrogen-bond donors (Lipinski definition) is 0. The smallest absolute Gasteiger partial charge is 0.0408 e. The summed E-state index contributed by atoms with van der Waals surface area (Å²) in [7, 11) is 0. The van der Waals surface area contributed by atoms with E-state index in [4.69, 9.17) is 11.6 Å². The lowest BCUT2D eigenvalue weighted by molar-refractivity contribution is 0.382. The van der Waals surface area contributed by atoms with Crippen molar-refractivity contribution < 1.29 is 0 Å². The summed E-state index contributed by atoms with van der Waals surface area (Å²) in [5, 5.41) is 0.851. The van der Waals surface area contributed by atoms with Gasteiger partial charge in [-0.15, -0.1) is 0 Å². The molecule has 0 heterocycles. The summed E-state index contributed by atoms with van der Waals surface area (Å²) >= 11 is 5.94. The van der Waals surface area contributed by atoms with Gasteiger partial charge in [0.05, 0.1) is 0 Å². The third kappa shape index (κ3) is 4.70. The van der Waals surface area contributed by atoms with Crippen molar-refractivity contribution in [3.63, 3.8) is 0 Å². The molecule has 0 saturated heterocycles. The number of hydrogen-bond acceptors (Lipinski definition) is 0. The fourth-order valence-electron chi connectivity index (χ4n) is 1.65. The lowest BCUT2D eigenvalue weighted by atomic mass is 9.92. The standard InChI is InChI=1S/C14H21Cl/c1-11(2)12(3)6-4-7-13-8-5-9-14(15)10-13/h5,8-12H,4,6-7H2,1-3H3. The molecule has 0 aromatic heterocycles. The molecule has 1 heteroatoms. The fourth-order valence-corrected chi connectivity index (χ4v) is 1.87. The SMILES string of the molecule is CC(C)C(C)CCCc1cccc(Cl)c1. The zero-order valence-electron chi connectivity index (χ0n) is 9.96. The molecule has 0 N–H and O–H groups in total. The maximum absolute atomic E-state index is 5.94. The van der Waals surface area contributed by atoms with Gasteiger partial charge in [0.1, 0.15) is 0 Å². The first kappa shape index (κ1) is 12.6. The van der Waals surface area contributed by atoms with Crippen molar-refractivity contribution in [1.82, 2.24) is 0 Å². The molecule has 0 aliphatic heterocycles. The van der Waals surface area contributed by atoms with Crippen molar-refractivity contribution >= 4 is 11.6 Å². The molecule has 84 valence electrons. The van der Waals surface area contributed by atoms with Crippen LogP contribution in [-0.4, -0.2) is 0 Å². The second kappa shape index (κ2) is 6.17. The maximum atomic E-state index is 5.94. The van der Waals surface area contributed by atoms with Crippen LogP contribution in [-0.2, 0) is 6.42 Å². The minimum absolute atomic E-state index is 0.796. The van der Waals surface area contributed by atoms with Gasteiger partial charge >= 0.3 is 0 Å². The van der Waals surface area contributed by atoms with Crippen molar-refractivity contribution in [3.05, 3.63) is 34.9 Å². The maximum Gasteiger partial charge on any atom is 0.0408 e. The highest BCUT2D eigenvalue weighted by atomic mass is 35.5. The molecule has 0 aliphatic carbocycles. The van der Waals surface area contributed by atoms with E-state index in [0.717, 1.165) is 23.3 Å². The number of halogens is 1. The Morgan fingerprint density at radius 3 is 2.53 bits per heavy atom. The minimum Gasteiger partial charge on any atom is -0.0843 e. The average Bonchev–Trinajstić information content (AvgIpc) is 2.17. The van der Waals surface area contributed by atoms with Crippen LogP contribution in [0.1, 0.15) is 39.2 Å². The Morgan fingerprint density at radius 2 is 1.93 bits per heavy atom. The lowest BCUT2D eigenvalue weighted by Gasteiger charge is -2.14. The highest BCUT2D eigenvalue weighted by Gasteiger charge is 2.06. The molecule has 0 radical (unpaired) electrons. The first-order chi connectivity index (χ1) is 7.09. The summed E-state index contributed by atoms with van der Waals surface area (Å²) in [6.45, 7) is 6.93. The Balaban J connectivity index is 2.32. The van der Waals surface area contributed by atoms with Gasteiger partial charge in [0.2, 0.25) is 0 Å². The second-order valence-corrected chi connectivity index (χ2v) is 5.18. The molecule has 0 fully saturated rings. The second-order valence-electron chi connectivity index (χ2n) is 4.74. The van der Waals surface area contributed by atoms with Crippen molar-refractivity contribution in [3.8, 4) is 0 Å². The molecule has 1 atom stereocenters. The van der Waals surface area contributed by atoms with E-state index in [1.165, 1.54) is 18.4 Å². The third-order valence-corrected chi connectivity index (χ3v) is 3.39. The van der Waals surface area contributed by atoms with Gasteiger partial charge in [-0.05, 0) is 42.4 Å². The summed E-state index contributed by atoms with van der Waals surface area (Å²) in [5.74, 6) is 1.62. The Kier molecular flexibility index (Phi) is 5.17. The number of benzene rings is 1. The molecule has 1 aromatic carbocycles. The Morgan fingerprint density at radius 1 is 1.20 bits per heavy atom. The fraction of sp³-hybridized carbons (Fsp3) is 0.571. The molecule has 1 rings (SSSR count). The van der Waals surface area contributed by atoms with Crippen LogP contribution in [0.15, 0.2) is 24.3 Å². The Labute approximate surface area is 98.7 Å². The predicted octanol–water partition coefficient (Wildman–Crippen LogP) is 4.95. The van der Waals surface area contributed by atoms with E-state index in [2.05, 4.69) is 32.9 Å². The zero-order valence-corrected chi connectivity index (χ0v) is 10.7. The predicted molar refractivity (Wildman–Crippen MR) is 68.4 cm³/mol. The van der Waals surface area contributed by atoms with E-state index in [0.29, 0.717) is 0 Å². The molecule has 1 aromatic rings. The van der Waals surface area contributed by atoms with Gasteiger partial charge in [0.15, 0.2) is 0 Å². The molecule has 0 saturated carbocycles. The van der Waals surface area contributed by atoms with Gasteiger partial charge in [-0.1, -0.05) is 50.9 Å². The van der Waals surface area contributed by atoms with Gasteiger partial charge in [-0.25, -0.2) is 0 Å². The van der Waals surface area contributed by atoms with Crippen LogP contribution < -0.4 is 0 Å². The van der Waals surface area contributed by atoms with Crippen LogP contribution in [0.3, 0.4) is 0 Å². The van der Waals surface area contributed by atoms with Crippen molar-refractivity contribution in [2.24, 2.45) is 11.8 Å².